The molecule has 5 nitrogen and oxygen atoms in total. The number of rotatable bonds is 3. The van der Waals surface area contributed by atoms with Crippen molar-refractivity contribution in [2.45, 2.75) is 25.9 Å². The first-order chi connectivity index (χ1) is 12.2. The Kier molecular flexibility index (Phi) is 4.36. The third-order valence-corrected chi connectivity index (χ3v) is 5.38. The number of ether oxygens (including phenoxy) is 1. The van der Waals surface area contributed by atoms with Crippen LogP contribution in [0.25, 0.3) is 10.2 Å². The summed E-state index contributed by atoms with van der Waals surface area (Å²) in [6.07, 6.45) is 1.73. The molecule has 0 unspecified atom stereocenters. The van der Waals surface area contributed by atoms with Crippen LogP contribution in [-0.2, 0) is 0 Å². The topological polar surface area (TPSA) is 55.3 Å². The number of carbonyl (C=O) groups is 1. The zero-order chi connectivity index (χ0) is 17.2. The van der Waals surface area contributed by atoms with Crippen molar-refractivity contribution in [3.8, 4) is 5.88 Å². The number of amides is 1. The number of piperidine rings is 1. The van der Waals surface area contributed by atoms with Crippen LogP contribution in [0.2, 0.25) is 0 Å². The van der Waals surface area contributed by atoms with E-state index >= 15 is 0 Å². The highest BCUT2D eigenvalue weighted by molar-refractivity contribution is 7.20. The van der Waals surface area contributed by atoms with Crippen molar-refractivity contribution in [2.75, 3.05) is 13.1 Å². The lowest BCUT2D eigenvalue weighted by molar-refractivity contribution is 0.0587. The van der Waals surface area contributed by atoms with Crippen LogP contribution in [0.15, 0.2) is 42.5 Å². The van der Waals surface area contributed by atoms with Crippen LogP contribution in [0.5, 0.6) is 5.88 Å². The van der Waals surface area contributed by atoms with Gasteiger partial charge in [-0.05, 0) is 25.1 Å². The normalized spacial score (nSPS) is 15.5. The van der Waals surface area contributed by atoms with Crippen LogP contribution in [0.4, 0.5) is 0 Å². The molecule has 25 heavy (non-hydrogen) atoms. The van der Waals surface area contributed by atoms with Crippen molar-refractivity contribution in [1.82, 2.24) is 14.9 Å². The lowest BCUT2D eigenvalue weighted by Gasteiger charge is -2.31. The Balaban J connectivity index is 1.38. The molecule has 1 saturated heterocycles. The van der Waals surface area contributed by atoms with Crippen LogP contribution < -0.4 is 4.74 Å². The van der Waals surface area contributed by atoms with E-state index in [1.807, 2.05) is 54.3 Å². The summed E-state index contributed by atoms with van der Waals surface area (Å²) in [7, 11) is 0. The Morgan fingerprint density at radius 2 is 1.92 bits per heavy atom. The maximum absolute atomic E-state index is 12.7. The van der Waals surface area contributed by atoms with Crippen molar-refractivity contribution < 1.29 is 9.53 Å². The molecule has 1 amide bonds. The number of hydrogen-bond donors (Lipinski definition) is 0. The summed E-state index contributed by atoms with van der Waals surface area (Å²) >= 11 is 1.46. The summed E-state index contributed by atoms with van der Waals surface area (Å²) < 4.78 is 7.01. The standard InChI is InChI=1S/C19H19N3O2S/c1-13-5-4-8-17(20-13)24-14-9-11-22(12-10-14)19(23)18-21-15-6-2-3-7-16(15)25-18/h2-8,14H,9-12H2,1H3. The van der Waals surface area contributed by atoms with Gasteiger partial charge in [0.2, 0.25) is 5.88 Å². The third-order valence-electron chi connectivity index (χ3n) is 4.36. The van der Waals surface area contributed by atoms with Crippen LogP contribution in [-0.4, -0.2) is 40.0 Å². The molecule has 2 aromatic heterocycles. The van der Waals surface area contributed by atoms with Gasteiger partial charge in [0.1, 0.15) is 6.10 Å². The Bertz CT molecular complexity index is 867. The first-order valence-corrected chi connectivity index (χ1v) is 9.26. The van der Waals surface area contributed by atoms with Gasteiger partial charge in [-0.2, -0.15) is 0 Å². The Morgan fingerprint density at radius 3 is 2.68 bits per heavy atom. The highest BCUT2D eigenvalue weighted by Gasteiger charge is 2.26. The van der Waals surface area contributed by atoms with Gasteiger partial charge in [-0.25, -0.2) is 9.97 Å². The van der Waals surface area contributed by atoms with E-state index < -0.39 is 0 Å². The molecular weight excluding hydrogens is 334 g/mol. The zero-order valence-corrected chi connectivity index (χ0v) is 14.8. The number of aryl methyl sites for hydroxylation is 1. The number of thiazole rings is 1. The number of nitrogens with zero attached hydrogens (tertiary/aromatic N) is 3. The smallest absolute Gasteiger partial charge is 0.282 e. The highest BCUT2D eigenvalue weighted by atomic mass is 32.1. The number of fused-ring (bicyclic) bond motifs is 1. The first kappa shape index (κ1) is 16.0. The zero-order valence-electron chi connectivity index (χ0n) is 14.0. The van der Waals surface area contributed by atoms with E-state index in [2.05, 4.69) is 9.97 Å². The van der Waals surface area contributed by atoms with E-state index in [-0.39, 0.29) is 12.0 Å². The second kappa shape index (κ2) is 6.80. The lowest BCUT2D eigenvalue weighted by Crippen LogP contribution is -2.41. The predicted molar refractivity (Wildman–Crippen MR) is 98.1 cm³/mol. The number of para-hydroxylation sites is 1. The number of benzene rings is 1. The molecule has 0 radical (unpaired) electrons. The van der Waals surface area contributed by atoms with E-state index in [9.17, 15) is 4.79 Å². The van der Waals surface area contributed by atoms with Gasteiger partial charge in [0.15, 0.2) is 5.01 Å². The van der Waals surface area contributed by atoms with E-state index in [1.165, 1.54) is 11.3 Å². The maximum Gasteiger partial charge on any atom is 0.282 e. The first-order valence-electron chi connectivity index (χ1n) is 8.44. The second-order valence-corrected chi connectivity index (χ2v) is 7.24. The molecule has 3 heterocycles. The van der Waals surface area contributed by atoms with Gasteiger partial charge >= 0.3 is 0 Å². The SMILES string of the molecule is Cc1cccc(OC2CCN(C(=O)c3nc4ccccc4s3)CC2)n1. The molecule has 6 heteroatoms. The second-order valence-electron chi connectivity index (χ2n) is 6.21. The molecule has 0 aliphatic carbocycles. The van der Waals surface area contributed by atoms with E-state index in [0.29, 0.717) is 24.0 Å². The number of likely N-dealkylation sites (tertiary alicyclic amines) is 1. The molecule has 0 spiro atoms. The molecule has 1 fully saturated rings. The van der Waals surface area contributed by atoms with Crippen LogP contribution in [0, 0.1) is 6.92 Å². The molecule has 128 valence electrons. The quantitative estimate of drug-likeness (QED) is 0.721. The minimum Gasteiger partial charge on any atom is -0.474 e. The van der Waals surface area contributed by atoms with Crippen molar-refractivity contribution in [1.29, 1.82) is 0 Å². The minimum absolute atomic E-state index is 0.0216. The van der Waals surface area contributed by atoms with Gasteiger partial charge in [-0.1, -0.05) is 18.2 Å². The number of hydrogen-bond acceptors (Lipinski definition) is 5. The van der Waals surface area contributed by atoms with Crippen molar-refractivity contribution >= 4 is 27.5 Å². The summed E-state index contributed by atoms with van der Waals surface area (Å²) in [6.45, 7) is 3.32. The molecule has 0 N–H and O–H groups in total. The summed E-state index contributed by atoms with van der Waals surface area (Å²) in [5.74, 6) is 0.685. The highest BCUT2D eigenvalue weighted by Crippen LogP contribution is 2.24. The number of aromatic nitrogens is 2. The predicted octanol–water partition coefficient (Wildman–Crippen LogP) is 3.68. The van der Waals surface area contributed by atoms with Crippen molar-refractivity contribution in [2.24, 2.45) is 0 Å². The van der Waals surface area contributed by atoms with Gasteiger partial charge < -0.3 is 9.64 Å². The Labute approximate surface area is 150 Å². The molecule has 3 aromatic rings. The summed E-state index contributed by atoms with van der Waals surface area (Å²) in [4.78, 5) is 23.4. The average Bonchev–Trinajstić information content (AvgIpc) is 3.06. The fourth-order valence-corrected chi connectivity index (χ4v) is 3.96. The average molecular weight is 353 g/mol. The van der Waals surface area contributed by atoms with Crippen LogP contribution >= 0.6 is 11.3 Å². The third kappa shape index (κ3) is 3.49. The Morgan fingerprint density at radius 1 is 1.12 bits per heavy atom. The lowest BCUT2D eigenvalue weighted by atomic mass is 10.1. The van der Waals surface area contributed by atoms with Gasteiger partial charge in [0.25, 0.3) is 5.91 Å². The summed E-state index contributed by atoms with van der Waals surface area (Å²) in [6, 6.07) is 13.6. The fourth-order valence-electron chi connectivity index (χ4n) is 3.03. The van der Waals surface area contributed by atoms with Gasteiger partial charge in [0, 0.05) is 37.7 Å². The molecule has 0 bridgehead atoms. The van der Waals surface area contributed by atoms with Crippen LogP contribution in [0.3, 0.4) is 0 Å². The van der Waals surface area contributed by atoms with Crippen LogP contribution in [0.1, 0.15) is 28.3 Å². The molecule has 1 aromatic carbocycles. The molecule has 0 saturated carbocycles. The molecule has 4 rings (SSSR count). The number of carbonyl (C=O) groups excluding carboxylic acids is 1. The van der Waals surface area contributed by atoms with Crippen molar-refractivity contribution in [3.05, 3.63) is 53.2 Å². The monoisotopic (exact) mass is 353 g/mol. The largest absolute Gasteiger partial charge is 0.474 e. The van der Waals surface area contributed by atoms with Gasteiger partial charge in [-0.3, -0.25) is 4.79 Å². The van der Waals surface area contributed by atoms with Crippen molar-refractivity contribution in [3.63, 3.8) is 0 Å². The minimum atomic E-state index is 0.0216. The molecule has 0 atom stereocenters. The number of pyridine rings is 1. The molecule has 1 aliphatic rings. The molecule has 1 aliphatic heterocycles. The fraction of sp³-hybridized carbons (Fsp3) is 0.316. The van der Waals surface area contributed by atoms with E-state index in [1.54, 1.807) is 0 Å². The molecular formula is C19H19N3O2S. The van der Waals surface area contributed by atoms with E-state index in [0.717, 1.165) is 28.8 Å². The van der Waals surface area contributed by atoms with E-state index in [4.69, 9.17) is 4.74 Å². The van der Waals surface area contributed by atoms with Gasteiger partial charge in [0.05, 0.1) is 10.2 Å². The van der Waals surface area contributed by atoms with Gasteiger partial charge in [-0.15, -0.1) is 11.3 Å². The summed E-state index contributed by atoms with van der Waals surface area (Å²) in [5, 5.41) is 0.570. The summed E-state index contributed by atoms with van der Waals surface area (Å²) in [5.41, 5.74) is 1.83. The maximum atomic E-state index is 12.7. The Hall–Kier alpha value is -2.47.